The highest BCUT2D eigenvalue weighted by Gasteiger charge is 2.41. The van der Waals surface area contributed by atoms with Crippen LogP contribution in [0.4, 0.5) is 36.4 Å². The Labute approximate surface area is 331 Å². The highest BCUT2D eigenvalue weighted by Crippen LogP contribution is 2.43. The minimum atomic E-state index is -5.72. The lowest BCUT2D eigenvalue weighted by molar-refractivity contribution is -0.138. The summed E-state index contributed by atoms with van der Waals surface area (Å²) in [7, 11) is -5.72. The molecule has 0 aliphatic heterocycles. The standard InChI is InChI=1S/C39H35BrF7N3O6S/c1-38(2,3)25-13-20(12-24(14-25)21-4-5-21)17-50(28-9-6-22(37(52)53)15-29(28)56-26-7-8-26)30(51)19-49(18-23-10-11-48-16-27(23)39(45,46)47)57(54,55)36-31(40)32(41)33(42)34(43)35(36)44/h6,9-16,21,26H,4-5,7-8,17-19H2,1-3H3,(H,52,53). The van der Waals surface area contributed by atoms with E-state index in [1.807, 2.05) is 39.0 Å². The largest absolute Gasteiger partial charge is 0.488 e. The Hall–Kier alpha value is -4.55. The summed E-state index contributed by atoms with van der Waals surface area (Å²) < 4.78 is 135. The average Bonchev–Trinajstić information content (AvgIpc) is 4.07. The molecule has 2 aliphatic carbocycles. The molecule has 6 rings (SSSR count). The van der Waals surface area contributed by atoms with Crippen molar-refractivity contribution in [2.75, 3.05) is 11.4 Å². The molecule has 18 heteroatoms. The molecule has 2 saturated carbocycles. The number of alkyl halides is 3. The van der Waals surface area contributed by atoms with Crippen LogP contribution in [-0.4, -0.2) is 47.3 Å². The minimum absolute atomic E-state index is 0.0329. The number of nitrogens with zero attached hydrogens (tertiary/aromatic N) is 3. The van der Waals surface area contributed by atoms with Gasteiger partial charge in [0.2, 0.25) is 15.9 Å². The van der Waals surface area contributed by atoms with Gasteiger partial charge in [-0.3, -0.25) is 9.78 Å². The maximum Gasteiger partial charge on any atom is 0.418 e. The van der Waals surface area contributed by atoms with Gasteiger partial charge >= 0.3 is 12.1 Å². The summed E-state index contributed by atoms with van der Waals surface area (Å²) in [4.78, 5) is 29.4. The van der Waals surface area contributed by atoms with E-state index >= 15 is 4.39 Å². The number of carbonyl (C=O) groups is 2. The fourth-order valence-corrected chi connectivity index (χ4v) is 8.57. The van der Waals surface area contributed by atoms with Gasteiger partial charge in [0.1, 0.15) is 10.6 Å². The summed E-state index contributed by atoms with van der Waals surface area (Å²) in [5.74, 6) is -11.7. The number of sulfonamides is 1. The first kappa shape index (κ1) is 42.1. The van der Waals surface area contributed by atoms with E-state index in [9.17, 15) is 49.5 Å². The number of rotatable bonds is 13. The van der Waals surface area contributed by atoms with Crippen LogP contribution in [0, 0.1) is 23.3 Å². The molecule has 0 radical (unpaired) electrons. The Kier molecular flexibility index (Phi) is 11.6. The Balaban J connectivity index is 1.52. The van der Waals surface area contributed by atoms with E-state index in [4.69, 9.17) is 4.74 Å². The fourth-order valence-electron chi connectivity index (χ4n) is 6.12. The van der Waals surface area contributed by atoms with E-state index in [1.54, 1.807) is 0 Å². The van der Waals surface area contributed by atoms with E-state index in [-0.39, 0.29) is 45.3 Å². The third-order valence-corrected chi connectivity index (χ3v) is 12.4. The Morgan fingerprint density at radius 2 is 1.58 bits per heavy atom. The highest BCUT2D eigenvalue weighted by molar-refractivity contribution is 9.10. The smallest absolute Gasteiger partial charge is 0.418 e. The summed E-state index contributed by atoms with van der Waals surface area (Å²) in [5, 5.41) is 9.76. The second-order valence-corrected chi connectivity index (χ2v) is 17.6. The zero-order valence-electron chi connectivity index (χ0n) is 30.6. The SMILES string of the molecule is CC(C)(C)c1cc(CN(C(=O)CN(Cc2ccncc2C(F)(F)F)S(=O)(=O)c2c(F)c(F)c(F)c(F)c2Br)c2ccc(C(=O)O)cc2OC2CC2)cc(C2CC2)c1. The van der Waals surface area contributed by atoms with Crippen LogP contribution in [0.3, 0.4) is 0 Å². The van der Waals surface area contributed by atoms with Crippen molar-refractivity contribution in [3.05, 3.63) is 116 Å². The molecule has 3 aromatic carbocycles. The number of anilines is 1. The molecule has 0 unspecified atom stereocenters. The molecule has 0 atom stereocenters. The monoisotopic (exact) mass is 885 g/mol. The van der Waals surface area contributed by atoms with Gasteiger partial charge in [0.15, 0.2) is 23.3 Å². The van der Waals surface area contributed by atoms with E-state index in [2.05, 4.69) is 20.9 Å². The molecule has 0 spiro atoms. The maximum absolute atomic E-state index is 15.4. The first-order valence-corrected chi connectivity index (χ1v) is 19.8. The van der Waals surface area contributed by atoms with Crippen LogP contribution in [0.1, 0.15) is 90.5 Å². The summed E-state index contributed by atoms with van der Waals surface area (Å²) in [6.45, 7) is 2.96. The predicted octanol–water partition coefficient (Wildman–Crippen LogP) is 9.26. The molecule has 0 saturated heterocycles. The van der Waals surface area contributed by atoms with Crippen LogP contribution in [0.5, 0.6) is 5.75 Å². The lowest BCUT2D eigenvalue weighted by atomic mass is 9.84. The number of carbonyl (C=O) groups excluding carboxylic acids is 1. The van der Waals surface area contributed by atoms with Crippen molar-refractivity contribution in [1.82, 2.24) is 9.29 Å². The summed E-state index contributed by atoms with van der Waals surface area (Å²) in [6.07, 6.45) is -1.10. The number of halogens is 8. The number of carboxylic acid groups (broad SMARTS) is 1. The maximum atomic E-state index is 15.4. The average molecular weight is 887 g/mol. The third kappa shape index (κ3) is 9.12. The Morgan fingerprint density at radius 1 is 0.912 bits per heavy atom. The molecule has 2 aliphatic rings. The number of hydrogen-bond donors (Lipinski definition) is 1. The van der Waals surface area contributed by atoms with Gasteiger partial charge in [0.25, 0.3) is 0 Å². The van der Waals surface area contributed by atoms with Gasteiger partial charge in [0.05, 0.1) is 40.5 Å². The molecule has 4 aromatic rings. The number of benzene rings is 3. The second kappa shape index (κ2) is 15.7. The molecule has 57 heavy (non-hydrogen) atoms. The molecule has 1 amide bonds. The zero-order valence-corrected chi connectivity index (χ0v) is 33.0. The van der Waals surface area contributed by atoms with Gasteiger partial charge < -0.3 is 14.7 Å². The summed E-state index contributed by atoms with van der Waals surface area (Å²) in [6, 6.07) is 10.2. The lowest BCUT2D eigenvalue weighted by Gasteiger charge is -2.30. The first-order valence-electron chi connectivity index (χ1n) is 17.6. The predicted molar refractivity (Wildman–Crippen MR) is 196 cm³/mol. The lowest BCUT2D eigenvalue weighted by Crippen LogP contribution is -2.43. The fraction of sp³-hybridized carbons (Fsp3) is 0.359. The van der Waals surface area contributed by atoms with Gasteiger partial charge in [-0.25, -0.2) is 30.8 Å². The van der Waals surface area contributed by atoms with Crippen molar-refractivity contribution < 1.29 is 58.6 Å². The van der Waals surface area contributed by atoms with Crippen LogP contribution in [-0.2, 0) is 39.5 Å². The van der Waals surface area contributed by atoms with Gasteiger partial charge in [-0.05, 0) is 99.5 Å². The normalized spacial score (nSPS) is 14.9. The van der Waals surface area contributed by atoms with Crippen molar-refractivity contribution in [2.24, 2.45) is 0 Å². The molecular weight excluding hydrogens is 851 g/mol. The van der Waals surface area contributed by atoms with Crippen molar-refractivity contribution in [1.29, 1.82) is 0 Å². The Morgan fingerprint density at radius 3 is 2.18 bits per heavy atom. The highest BCUT2D eigenvalue weighted by atomic mass is 79.9. The van der Waals surface area contributed by atoms with Crippen LogP contribution >= 0.6 is 15.9 Å². The van der Waals surface area contributed by atoms with Gasteiger partial charge in [-0.1, -0.05) is 39.0 Å². The van der Waals surface area contributed by atoms with E-state index in [0.29, 0.717) is 24.6 Å². The molecule has 9 nitrogen and oxygen atoms in total. The second-order valence-electron chi connectivity index (χ2n) is 15.0. The number of aromatic nitrogens is 1. The molecule has 1 N–H and O–H groups in total. The van der Waals surface area contributed by atoms with Crippen molar-refractivity contribution in [3.8, 4) is 5.75 Å². The van der Waals surface area contributed by atoms with E-state index in [1.165, 1.54) is 18.2 Å². The Bertz CT molecular complexity index is 2330. The molecular formula is C39H35BrF7N3O6S. The molecule has 1 heterocycles. The van der Waals surface area contributed by atoms with Crippen LogP contribution < -0.4 is 9.64 Å². The molecule has 304 valence electrons. The summed E-state index contributed by atoms with van der Waals surface area (Å²) in [5.41, 5.74) is -0.395. The van der Waals surface area contributed by atoms with Crippen LogP contribution in [0.25, 0.3) is 0 Å². The zero-order chi connectivity index (χ0) is 41.8. The van der Waals surface area contributed by atoms with Gasteiger partial charge in [-0.15, -0.1) is 0 Å². The number of ether oxygens (including phenoxy) is 1. The first-order chi connectivity index (χ1) is 26.6. The van der Waals surface area contributed by atoms with E-state index in [0.717, 1.165) is 41.1 Å². The number of amides is 1. The van der Waals surface area contributed by atoms with Gasteiger partial charge in [0, 0.05) is 18.9 Å². The quantitative estimate of drug-likeness (QED) is 0.0809. The van der Waals surface area contributed by atoms with E-state index < -0.39 is 84.9 Å². The van der Waals surface area contributed by atoms with Crippen LogP contribution in [0.2, 0.25) is 0 Å². The van der Waals surface area contributed by atoms with Gasteiger partial charge in [-0.2, -0.15) is 17.5 Å². The number of carboxylic acids is 1. The number of pyridine rings is 1. The molecule has 0 bridgehead atoms. The minimum Gasteiger partial charge on any atom is -0.488 e. The van der Waals surface area contributed by atoms with Crippen molar-refractivity contribution in [2.45, 2.75) is 88.1 Å². The van der Waals surface area contributed by atoms with Crippen molar-refractivity contribution in [3.63, 3.8) is 0 Å². The summed E-state index contributed by atoms with van der Waals surface area (Å²) >= 11 is 2.45. The number of hydrogen-bond acceptors (Lipinski definition) is 6. The molecule has 1 aromatic heterocycles. The number of aromatic carboxylic acids is 1. The van der Waals surface area contributed by atoms with Crippen molar-refractivity contribution >= 4 is 43.5 Å². The topological polar surface area (TPSA) is 117 Å². The third-order valence-electron chi connectivity index (χ3n) is 9.53. The molecule has 2 fully saturated rings. The van der Waals surface area contributed by atoms with Crippen LogP contribution in [0.15, 0.2) is 64.2 Å².